The second-order valence-corrected chi connectivity index (χ2v) is 7.92. The smallest absolute Gasteiger partial charge is 0.194 e. The van der Waals surface area contributed by atoms with Crippen LogP contribution in [0.15, 0.2) is 4.99 Å². The van der Waals surface area contributed by atoms with E-state index in [0.717, 1.165) is 56.5 Å². The fourth-order valence-corrected chi connectivity index (χ4v) is 3.80. The molecule has 2 aliphatic heterocycles. The van der Waals surface area contributed by atoms with Crippen molar-refractivity contribution in [2.75, 3.05) is 45.1 Å². The van der Waals surface area contributed by atoms with Crippen molar-refractivity contribution in [3.63, 3.8) is 0 Å². The SMILES string of the molecule is CCNC(=NCC1(C)COC1)N1CCSC(C(C)C)C1.I. The topological polar surface area (TPSA) is 36.9 Å². The minimum Gasteiger partial charge on any atom is -0.380 e. The first-order valence-corrected chi connectivity index (χ1v) is 8.81. The molecule has 21 heavy (non-hydrogen) atoms. The monoisotopic (exact) mass is 427 g/mol. The molecule has 6 heteroatoms. The van der Waals surface area contributed by atoms with Gasteiger partial charge in [0, 0.05) is 36.1 Å². The standard InChI is InChI=1S/C15H29N3OS.HI/c1-5-16-14(17-9-15(4)10-19-11-15)18-6-7-20-13(8-18)12(2)3;/h12-13H,5-11H2,1-4H3,(H,16,17);1H. The Morgan fingerprint density at radius 3 is 2.71 bits per heavy atom. The number of ether oxygens (including phenoxy) is 1. The Morgan fingerprint density at radius 2 is 2.19 bits per heavy atom. The number of nitrogens with one attached hydrogen (secondary N) is 1. The van der Waals surface area contributed by atoms with Crippen LogP contribution >= 0.6 is 35.7 Å². The molecular formula is C15H30IN3OS. The van der Waals surface area contributed by atoms with E-state index in [-0.39, 0.29) is 29.4 Å². The lowest BCUT2D eigenvalue weighted by Gasteiger charge is -2.39. The zero-order chi connectivity index (χ0) is 14.6. The van der Waals surface area contributed by atoms with Crippen LogP contribution in [-0.4, -0.2) is 61.3 Å². The Balaban J connectivity index is 0.00000220. The molecule has 2 rings (SSSR count). The number of guanidine groups is 1. The summed E-state index contributed by atoms with van der Waals surface area (Å²) in [6, 6.07) is 0. The van der Waals surface area contributed by atoms with Crippen LogP contribution in [0.1, 0.15) is 27.7 Å². The third-order valence-electron chi connectivity index (χ3n) is 3.98. The minimum atomic E-state index is 0. The number of thioether (sulfide) groups is 1. The van der Waals surface area contributed by atoms with Crippen molar-refractivity contribution in [2.45, 2.75) is 32.9 Å². The van der Waals surface area contributed by atoms with Crippen molar-refractivity contribution in [3.05, 3.63) is 0 Å². The largest absolute Gasteiger partial charge is 0.380 e. The maximum absolute atomic E-state index is 5.32. The predicted octanol–water partition coefficient (Wildman–Crippen LogP) is 2.68. The van der Waals surface area contributed by atoms with Crippen LogP contribution in [0.25, 0.3) is 0 Å². The van der Waals surface area contributed by atoms with Crippen molar-refractivity contribution in [2.24, 2.45) is 16.3 Å². The van der Waals surface area contributed by atoms with E-state index in [1.54, 1.807) is 0 Å². The van der Waals surface area contributed by atoms with Crippen LogP contribution in [0.2, 0.25) is 0 Å². The molecule has 1 atom stereocenters. The number of halogens is 1. The Labute approximate surface area is 150 Å². The van der Waals surface area contributed by atoms with Gasteiger partial charge in [0.25, 0.3) is 0 Å². The summed E-state index contributed by atoms with van der Waals surface area (Å²) >= 11 is 2.11. The molecule has 124 valence electrons. The van der Waals surface area contributed by atoms with E-state index in [1.807, 2.05) is 0 Å². The van der Waals surface area contributed by atoms with Gasteiger partial charge in [-0.05, 0) is 12.8 Å². The average molecular weight is 427 g/mol. The third-order valence-corrected chi connectivity index (χ3v) is 5.52. The highest BCUT2D eigenvalue weighted by molar-refractivity contribution is 14.0. The van der Waals surface area contributed by atoms with Gasteiger partial charge in [0.2, 0.25) is 0 Å². The lowest BCUT2D eigenvalue weighted by Crippen LogP contribution is -2.50. The second-order valence-electron chi connectivity index (χ2n) is 6.57. The van der Waals surface area contributed by atoms with Crippen molar-refractivity contribution >= 4 is 41.7 Å². The molecule has 0 aliphatic carbocycles. The van der Waals surface area contributed by atoms with Crippen LogP contribution in [-0.2, 0) is 4.74 Å². The Bertz CT molecular complexity index is 348. The molecular weight excluding hydrogens is 397 g/mol. The molecule has 0 bridgehead atoms. The summed E-state index contributed by atoms with van der Waals surface area (Å²) in [6.07, 6.45) is 0. The fraction of sp³-hybridized carbons (Fsp3) is 0.933. The quantitative estimate of drug-likeness (QED) is 0.425. The van der Waals surface area contributed by atoms with Crippen LogP contribution in [0.4, 0.5) is 0 Å². The molecule has 4 nitrogen and oxygen atoms in total. The highest BCUT2D eigenvalue weighted by atomic mass is 127. The molecule has 2 saturated heterocycles. The van der Waals surface area contributed by atoms with Gasteiger partial charge in [-0.3, -0.25) is 4.99 Å². The molecule has 0 radical (unpaired) electrons. The first-order chi connectivity index (χ1) is 9.54. The van der Waals surface area contributed by atoms with Crippen LogP contribution in [0, 0.1) is 11.3 Å². The molecule has 2 aliphatic rings. The molecule has 2 fully saturated rings. The van der Waals surface area contributed by atoms with E-state index in [1.165, 1.54) is 5.75 Å². The van der Waals surface area contributed by atoms with Gasteiger partial charge in [0.15, 0.2) is 5.96 Å². The number of aliphatic imine (C=N–C) groups is 1. The van der Waals surface area contributed by atoms with Gasteiger partial charge in [0.05, 0.1) is 19.8 Å². The van der Waals surface area contributed by atoms with Gasteiger partial charge >= 0.3 is 0 Å². The molecule has 0 spiro atoms. The lowest BCUT2D eigenvalue weighted by atomic mass is 9.89. The van der Waals surface area contributed by atoms with Gasteiger partial charge in [-0.15, -0.1) is 24.0 Å². The molecule has 1 N–H and O–H groups in total. The molecule has 0 aromatic carbocycles. The maximum atomic E-state index is 5.32. The number of nitrogens with zero attached hydrogens (tertiary/aromatic N) is 2. The first-order valence-electron chi connectivity index (χ1n) is 7.77. The third kappa shape index (κ3) is 5.46. The summed E-state index contributed by atoms with van der Waals surface area (Å²) in [7, 11) is 0. The zero-order valence-electron chi connectivity index (χ0n) is 13.7. The van der Waals surface area contributed by atoms with Crippen LogP contribution < -0.4 is 5.32 Å². The van der Waals surface area contributed by atoms with Crippen LogP contribution in [0.5, 0.6) is 0 Å². The number of hydrogen-bond acceptors (Lipinski definition) is 3. The minimum absolute atomic E-state index is 0. The fourth-order valence-electron chi connectivity index (χ4n) is 2.50. The summed E-state index contributed by atoms with van der Waals surface area (Å²) in [4.78, 5) is 7.30. The lowest BCUT2D eigenvalue weighted by molar-refractivity contribution is -0.0946. The zero-order valence-corrected chi connectivity index (χ0v) is 16.9. The maximum Gasteiger partial charge on any atom is 0.194 e. The first kappa shape index (κ1) is 19.4. The summed E-state index contributed by atoms with van der Waals surface area (Å²) in [5.74, 6) is 3.02. The van der Waals surface area contributed by atoms with Crippen molar-refractivity contribution in [1.82, 2.24) is 10.2 Å². The second kappa shape index (κ2) is 8.82. The molecule has 0 aromatic heterocycles. The molecule has 0 aromatic rings. The van der Waals surface area contributed by atoms with E-state index in [2.05, 4.69) is 49.7 Å². The number of hydrogen-bond donors (Lipinski definition) is 1. The molecule has 2 heterocycles. The summed E-state index contributed by atoms with van der Waals surface area (Å²) in [6.45, 7) is 14.7. The Hall–Kier alpha value is 0.310. The highest BCUT2D eigenvalue weighted by Gasteiger charge is 2.33. The Kier molecular flexibility index (Phi) is 8.13. The summed E-state index contributed by atoms with van der Waals surface area (Å²) in [5, 5.41) is 4.18. The Morgan fingerprint density at radius 1 is 1.48 bits per heavy atom. The van der Waals surface area contributed by atoms with Gasteiger partial charge in [-0.1, -0.05) is 20.8 Å². The van der Waals surface area contributed by atoms with Crippen molar-refractivity contribution in [3.8, 4) is 0 Å². The van der Waals surface area contributed by atoms with E-state index >= 15 is 0 Å². The summed E-state index contributed by atoms with van der Waals surface area (Å²) < 4.78 is 5.32. The molecule has 0 saturated carbocycles. The van der Waals surface area contributed by atoms with Gasteiger partial charge in [-0.2, -0.15) is 11.8 Å². The van der Waals surface area contributed by atoms with Gasteiger partial charge in [0.1, 0.15) is 0 Å². The molecule has 0 amide bonds. The normalized spacial score (nSPS) is 25.3. The van der Waals surface area contributed by atoms with E-state index < -0.39 is 0 Å². The van der Waals surface area contributed by atoms with E-state index in [0.29, 0.717) is 0 Å². The van der Waals surface area contributed by atoms with Gasteiger partial charge < -0.3 is 15.0 Å². The highest BCUT2D eigenvalue weighted by Crippen LogP contribution is 2.27. The number of rotatable bonds is 4. The van der Waals surface area contributed by atoms with Crippen molar-refractivity contribution in [1.29, 1.82) is 0 Å². The van der Waals surface area contributed by atoms with Gasteiger partial charge in [-0.25, -0.2) is 0 Å². The predicted molar refractivity (Wildman–Crippen MR) is 103 cm³/mol. The van der Waals surface area contributed by atoms with Crippen molar-refractivity contribution < 1.29 is 4.74 Å². The van der Waals surface area contributed by atoms with Crippen LogP contribution in [0.3, 0.4) is 0 Å². The van der Waals surface area contributed by atoms with E-state index in [4.69, 9.17) is 9.73 Å². The molecule has 1 unspecified atom stereocenters. The summed E-state index contributed by atoms with van der Waals surface area (Å²) in [5.41, 5.74) is 0.253. The van der Waals surface area contributed by atoms with E-state index in [9.17, 15) is 0 Å². The average Bonchev–Trinajstić information content (AvgIpc) is 2.41.